The fourth-order valence-electron chi connectivity index (χ4n) is 0.724. The highest BCUT2D eigenvalue weighted by molar-refractivity contribution is 7.79. The zero-order valence-corrected chi connectivity index (χ0v) is 8.39. The van der Waals surface area contributed by atoms with E-state index in [0.717, 1.165) is 5.56 Å². The van der Waals surface area contributed by atoms with Crippen LogP contribution in [0.2, 0.25) is 0 Å². The maximum atomic E-state index is 10.5. The summed E-state index contributed by atoms with van der Waals surface area (Å²) in [5.74, 6) is 0. The lowest BCUT2D eigenvalue weighted by Gasteiger charge is -1.94. The molecule has 0 aliphatic rings. The van der Waals surface area contributed by atoms with Crippen LogP contribution in [0.25, 0.3) is 0 Å². The second-order valence-electron chi connectivity index (χ2n) is 2.07. The predicted octanol–water partition coefficient (Wildman–Crippen LogP) is 2.60. The van der Waals surface area contributed by atoms with Crippen molar-refractivity contribution in [3.8, 4) is 0 Å². The first-order valence-corrected chi connectivity index (χ1v) is 4.98. The maximum absolute atomic E-state index is 10.5. The van der Waals surface area contributed by atoms with E-state index in [1.54, 1.807) is 18.2 Å². The standard InChI is InChI=1S/C7H8O2S.C2H6/c1-6-3-2-4-7(5-6)10(8)9;1-2/h2-5H,1H3,(H,8,9);1-2H3. The second-order valence-corrected chi connectivity index (χ2v) is 3.04. The summed E-state index contributed by atoms with van der Waals surface area (Å²) in [4.78, 5) is 0.458. The molecule has 0 spiro atoms. The summed E-state index contributed by atoms with van der Waals surface area (Å²) in [5, 5.41) is 0. The van der Waals surface area contributed by atoms with Crippen LogP contribution >= 0.6 is 0 Å². The molecule has 1 N–H and O–H groups in total. The Morgan fingerprint density at radius 1 is 1.33 bits per heavy atom. The second kappa shape index (κ2) is 5.91. The Hall–Kier alpha value is -0.670. The fraction of sp³-hybridized carbons (Fsp3) is 0.333. The van der Waals surface area contributed by atoms with Crippen molar-refractivity contribution in [1.82, 2.24) is 0 Å². The summed E-state index contributed by atoms with van der Waals surface area (Å²) in [5.41, 5.74) is 1.000. The third-order valence-corrected chi connectivity index (χ3v) is 1.85. The Balaban J connectivity index is 0.000000561. The van der Waals surface area contributed by atoms with Gasteiger partial charge in [0.1, 0.15) is 0 Å². The quantitative estimate of drug-likeness (QED) is 0.684. The van der Waals surface area contributed by atoms with Gasteiger partial charge in [-0.15, -0.1) is 0 Å². The van der Waals surface area contributed by atoms with Gasteiger partial charge >= 0.3 is 0 Å². The Morgan fingerprint density at radius 2 is 1.92 bits per heavy atom. The molecule has 0 aliphatic heterocycles. The van der Waals surface area contributed by atoms with E-state index >= 15 is 0 Å². The number of hydrogen-bond acceptors (Lipinski definition) is 1. The van der Waals surface area contributed by atoms with Crippen LogP contribution in [0, 0.1) is 6.92 Å². The predicted molar refractivity (Wildman–Crippen MR) is 51.6 cm³/mol. The lowest BCUT2D eigenvalue weighted by Crippen LogP contribution is -1.87. The van der Waals surface area contributed by atoms with E-state index in [1.807, 2.05) is 26.8 Å². The lowest BCUT2D eigenvalue weighted by atomic mass is 10.2. The molecule has 12 heavy (non-hydrogen) atoms. The SMILES string of the molecule is CC.Cc1cccc(S(=O)O)c1. The van der Waals surface area contributed by atoms with Crippen molar-refractivity contribution in [2.24, 2.45) is 0 Å². The highest BCUT2D eigenvalue weighted by Crippen LogP contribution is 2.06. The van der Waals surface area contributed by atoms with Gasteiger partial charge in [0.2, 0.25) is 0 Å². The average molecular weight is 186 g/mol. The minimum absolute atomic E-state index is 0.458. The normalized spacial score (nSPS) is 11.3. The summed E-state index contributed by atoms with van der Waals surface area (Å²) in [6, 6.07) is 6.97. The van der Waals surface area contributed by atoms with E-state index in [9.17, 15) is 4.21 Å². The smallest absolute Gasteiger partial charge is 0.186 e. The largest absolute Gasteiger partial charge is 0.302 e. The van der Waals surface area contributed by atoms with E-state index in [4.69, 9.17) is 4.55 Å². The molecule has 0 heterocycles. The van der Waals surface area contributed by atoms with Crippen LogP contribution in [-0.4, -0.2) is 8.76 Å². The van der Waals surface area contributed by atoms with Gasteiger partial charge in [-0.2, -0.15) is 0 Å². The number of rotatable bonds is 1. The number of hydrogen-bond donors (Lipinski definition) is 1. The first-order valence-electron chi connectivity index (χ1n) is 3.87. The van der Waals surface area contributed by atoms with E-state index in [0.29, 0.717) is 4.90 Å². The van der Waals surface area contributed by atoms with Crippen molar-refractivity contribution in [2.75, 3.05) is 0 Å². The van der Waals surface area contributed by atoms with Gasteiger partial charge in [-0.05, 0) is 24.6 Å². The Morgan fingerprint density at radius 3 is 2.25 bits per heavy atom. The van der Waals surface area contributed by atoms with E-state index in [-0.39, 0.29) is 0 Å². The van der Waals surface area contributed by atoms with Gasteiger partial charge in [0.25, 0.3) is 0 Å². The average Bonchev–Trinajstić information content (AvgIpc) is 2.08. The minimum Gasteiger partial charge on any atom is -0.302 e. The third kappa shape index (κ3) is 3.64. The summed E-state index contributed by atoms with van der Waals surface area (Å²) in [7, 11) is 0. The van der Waals surface area contributed by atoms with Crippen LogP contribution in [0.15, 0.2) is 29.2 Å². The molecular weight excluding hydrogens is 172 g/mol. The molecule has 0 aromatic heterocycles. The number of benzene rings is 1. The third-order valence-electron chi connectivity index (χ3n) is 1.19. The highest BCUT2D eigenvalue weighted by Gasteiger charge is 1.96. The van der Waals surface area contributed by atoms with Crippen molar-refractivity contribution in [3.05, 3.63) is 29.8 Å². The van der Waals surface area contributed by atoms with Crippen LogP contribution in [0.1, 0.15) is 19.4 Å². The Kier molecular flexibility index (Phi) is 5.58. The fourth-order valence-corrected chi connectivity index (χ4v) is 1.21. The minimum atomic E-state index is -1.84. The highest BCUT2D eigenvalue weighted by atomic mass is 32.2. The molecule has 1 atom stereocenters. The van der Waals surface area contributed by atoms with Gasteiger partial charge in [0.05, 0.1) is 4.90 Å². The monoisotopic (exact) mass is 186 g/mol. The van der Waals surface area contributed by atoms with Crippen molar-refractivity contribution in [2.45, 2.75) is 25.7 Å². The zero-order valence-electron chi connectivity index (χ0n) is 7.57. The Labute approximate surface area is 75.9 Å². The topological polar surface area (TPSA) is 37.3 Å². The van der Waals surface area contributed by atoms with Crippen LogP contribution in [0.3, 0.4) is 0 Å². The molecule has 68 valence electrons. The summed E-state index contributed by atoms with van der Waals surface area (Å²) >= 11 is -1.84. The van der Waals surface area contributed by atoms with Crippen LogP contribution in [0.4, 0.5) is 0 Å². The van der Waals surface area contributed by atoms with Gasteiger partial charge in [-0.1, -0.05) is 26.0 Å². The molecule has 0 amide bonds. The molecule has 0 aliphatic carbocycles. The first kappa shape index (κ1) is 11.3. The summed E-state index contributed by atoms with van der Waals surface area (Å²) in [6.07, 6.45) is 0. The van der Waals surface area contributed by atoms with Crippen molar-refractivity contribution < 1.29 is 8.76 Å². The zero-order chi connectivity index (χ0) is 9.56. The number of aryl methyl sites for hydroxylation is 1. The van der Waals surface area contributed by atoms with Crippen molar-refractivity contribution >= 4 is 11.1 Å². The van der Waals surface area contributed by atoms with E-state index in [2.05, 4.69) is 0 Å². The van der Waals surface area contributed by atoms with Crippen LogP contribution in [0.5, 0.6) is 0 Å². The summed E-state index contributed by atoms with van der Waals surface area (Å²) in [6.45, 7) is 5.89. The van der Waals surface area contributed by atoms with Crippen LogP contribution < -0.4 is 0 Å². The molecule has 0 radical (unpaired) electrons. The maximum Gasteiger partial charge on any atom is 0.186 e. The van der Waals surface area contributed by atoms with Crippen molar-refractivity contribution in [3.63, 3.8) is 0 Å². The molecule has 0 saturated heterocycles. The van der Waals surface area contributed by atoms with Crippen LogP contribution in [-0.2, 0) is 11.1 Å². The van der Waals surface area contributed by atoms with Gasteiger partial charge in [-0.3, -0.25) is 0 Å². The molecule has 2 nitrogen and oxygen atoms in total. The van der Waals surface area contributed by atoms with Gasteiger partial charge in [-0.25, -0.2) is 4.21 Å². The van der Waals surface area contributed by atoms with E-state index in [1.165, 1.54) is 0 Å². The Bertz CT molecular complexity index is 258. The molecule has 3 heteroatoms. The molecule has 0 fully saturated rings. The molecular formula is C9H14O2S. The van der Waals surface area contributed by atoms with Gasteiger partial charge in [0.15, 0.2) is 11.1 Å². The molecule has 1 aromatic carbocycles. The molecule has 0 bridgehead atoms. The lowest BCUT2D eigenvalue weighted by molar-refractivity contribution is 0.564. The molecule has 1 rings (SSSR count). The molecule has 1 aromatic rings. The van der Waals surface area contributed by atoms with Gasteiger partial charge in [0, 0.05) is 0 Å². The molecule has 1 unspecified atom stereocenters. The molecule has 0 saturated carbocycles. The van der Waals surface area contributed by atoms with E-state index < -0.39 is 11.1 Å². The van der Waals surface area contributed by atoms with Crippen molar-refractivity contribution in [1.29, 1.82) is 0 Å². The van der Waals surface area contributed by atoms with Gasteiger partial charge < -0.3 is 4.55 Å². The summed E-state index contributed by atoms with van der Waals surface area (Å²) < 4.78 is 19.1. The first-order chi connectivity index (χ1) is 5.70.